The number of nitro groups is 1. The van der Waals surface area contributed by atoms with E-state index in [2.05, 4.69) is 9.98 Å². The topological polar surface area (TPSA) is 172 Å². The number of nitro benzene ring substituents is 1. The Morgan fingerprint density at radius 1 is 1.41 bits per heavy atom. The molecule has 1 aromatic rings. The third-order valence-electron chi connectivity index (χ3n) is 2.22. The molecule has 10 nitrogen and oxygen atoms in total. The van der Waals surface area contributed by atoms with Crippen molar-refractivity contribution in [2.24, 2.45) is 27.2 Å². The van der Waals surface area contributed by atoms with E-state index in [1.807, 2.05) is 0 Å². The number of esters is 1. The normalized spacial score (nSPS) is 10.9. The molecule has 0 aliphatic carbocycles. The van der Waals surface area contributed by atoms with Crippen LogP contribution in [0.5, 0.6) is 0 Å². The first-order valence-corrected chi connectivity index (χ1v) is 6.22. The van der Waals surface area contributed by atoms with Crippen LogP contribution in [0.15, 0.2) is 22.1 Å². The highest BCUT2D eigenvalue weighted by atomic mass is 35.5. The highest BCUT2D eigenvalue weighted by molar-refractivity contribution is 6.34. The molecule has 1 rings (SSSR count). The van der Waals surface area contributed by atoms with Gasteiger partial charge in [-0.3, -0.25) is 10.1 Å². The van der Waals surface area contributed by atoms with Gasteiger partial charge in [-0.05, 0) is 13.0 Å². The predicted molar refractivity (Wildman–Crippen MR) is 81.2 cm³/mol. The Hall–Kier alpha value is -2.88. The van der Waals surface area contributed by atoms with E-state index < -0.39 is 22.5 Å². The molecule has 0 heterocycles. The number of hydrogen-bond acceptors (Lipinski definition) is 5. The third kappa shape index (κ3) is 4.31. The molecule has 0 bridgehead atoms. The zero-order valence-electron chi connectivity index (χ0n) is 11.4. The van der Waals surface area contributed by atoms with Gasteiger partial charge in [0, 0.05) is 6.07 Å². The van der Waals surface area contributed by atoms with E-state index in [1.165, 1.54) is 6.07 Å². The van der Waals surface area contributed by atoms with Crippen molar-refractivity contribution in [2.75, 3.05) is 6.61 Å². The second-order valence-electron chi connectivity index (χ2n) is 3.81. The van der Waals surface area contributed by atoms with Crippen molar-refractivity contribution in [3.05, 3.63) is 32.8 Å². The fourth-order valence-electron chi connectivity index (χ4n) is 1.44. The average molecular weight is 329 g/mol. The van der Waals surface area contributed by atoms with Crippen molar-refractivity contribution in [3.8, 4) is 0 Å². The smallest absolute Gasteiger partial charge is 0.338 e. The Balaban J connectivity index is 3.44. The lowest BCUT2D eigenvalue weighted by Gasteiger charge is -2.05. The molecular formula is C11H13ClN6O4. The van der Waals surface area contributed by atoms with Crippen LogP contribution in [0, 0.1) is 10.1 Å². The molecule has 1 aromatic carbocycles. The van der Waals surface area contributed by atoms with Gasteiger partial charge in [0.2, 0.25) is 5.96 Å². The number of nitrogens with zero attached hydrogens (tertiary/aromatic N) is 3. The Morgan fingerprint density at radius 2 is 2.05 bits per heavy atom. The monoisotopic (exact) mass is 328 g/mol. The minimum absolute atomic E-state index is 0.0853. The minimum Gasteiger partial charge on any atom is -0.462 e. The summed E-state index contributed by atoms with van der Waals surface area (Å²) in [5.74, 6) is -1.54. The molecule has 11 heteroatoms. The van der Waals surface area contributed by atoms with Gasteiger partial charge in [0.05, 0.1) is 22.1 Å². The molecule has 0 fully saturated rings. The molecule has 0 aliphatic heterocycles. The van der Waals surface area contributed by atoms with Crippen LogP contribution in [0.4, 0.5) is 11.4 Å². The SMILES string of the molecule is CCOC(=O)c1cc(Cl)c(N=C(N)N=C(N)N)c([N+](=O)[O-])c1. The minimum atomic E-state index is -0.768. The lowest BCUT2D eigenvalue weighted by Crippen LogP contribution is -2.26. The molecule has 0 amide bonds. The van der Waals surface area contributed by atoms with Gasteiger partial charge >= 0.3 is 5.97 Å². The van der Waals surface area contributed by atoms with Gasteiger partial charge in [-0.15, -0.1) is 0 Å². The number of rotatable bonds is 4. The summed E-state index contributed by atoms with van der Waals surface area (Å²) in [7, 11) is 0. The number of nitrogens with two attached hydrogens (primary N) is 3. The van der Waals surface area contributed by atoms with Gasteiger partial charge in [-0.1, -0.05) is 11.6 Å². The average Bonchev–Trinajstić information content (AvgIpc) is 2.39. The molecule has 0 spiro atoms. The van der Waals surface area contributed by atoms with Crippen LogP contribution in [0.2, 0.25) is 5.02 Å². The van der Waals surface area contributed by atoms with Crippen molar-refractivity contribution in [1.82, 2.24) is 0 Å². The second kappa shape index (κ2) is 7.22. The Bertz CT molecular complexity index is 669. The molecule has 0 radical (unpaired) electrons. The third-order valence-corrected chi connectivity index (χ3v) is 2.51. The number of guanidine groups is 2. The van der Waals surface area contributed by atoms with Crippen LogP contribution in [0.25, 0.3) is 0 Å². The molecule has 0 aliphatic rings. The maximum absolute atomic E-state index is 11.6. The van der Waals surface area contributed by atoms with E-state index >= 15 is 0 Å². The predicted octanol–water partition coefficient (Wildman–Crippen LogP) is 0.645. The molecule has 0 aromatic heterocycles. The highest BCUT2D eigenvalue weighted by Gasteiger charge is 2.22. The lowest BCUT2D eigenvalue weighted by molar-refractivity contribution is -0.384. The highest BCUT2D eigenvalue weighted by Crippen LogP contribution is 2.36. The standard InChI is InChI=1S/C11H13ClN6O4/c1-2-22-9(19)5-3-6(12)8(7(4-5)18(20)21)16-11(15)17-10(13)14/h3-4H,2H2,1H3,(H6,13,14,15,16,17). The van der Waals surface area contributed by atoms with Crippen LogP contribution in [-0.4, -0.2) is 29.4 Å². The van der Waals surface area contributed by atoms with Crippen molar-refractivity contribution in [1.29, 1.82) is 0 Å². The molecule has 6 N–H and O–H groups in total. The first kappa shape index (κ1) is 17.2. The van der Waals surface area contributed by atoms with Crippen LogP contribution in [0.3, 0.4) is 0 Å². The first-order valence-electron chi connectivity index (χ1n) is 5.85. The Labute approximate surface area is 129 Å². The van der Waals surface area contributed by atoms with Gasteiger partial charge < -0.3 is 21.9 Å². The van der Waals surface area contributed by atoms with Gasteiger partial charge in [0.25, 0.3) is 5.69 Å². The van der Waals surface area contributed by atoms with E-state index in [9.17, 15) is 14.9 Å². The van der Waals surface area contributed by atoms with Crippen LogP contribution in [0.1, 0.15) is 17.3 Å². The summed E-state index contributed by atoms with van der Waals surface area (Å²) < 4.78 is 4.76. The van der Waals surface area contributed by atoms with E-state index in [1.54, 1.807) is 6.92 Å². The molecule has 22 heavy (non-hydrogen) atoms. The number of hydrogen-bond donors (Lipinski definition) is 3. The Kier molecular flexibility index (Phi) is 5.64. The van der Waals surface area contributed by atoms with Crippen molar-refractivity contribution in [3.63, 3.8) is 0 Å². The molecule has 118 valence electrons. The summed E-state index contributed by atoms with van der Waals surface area (Å²) in [4.78, 5) is 29.1. The first-order chi connectivity index (χ1) is 10.3. The van der Waals surface area contributed by atoms with Gasteiger partial charge in [-0.25, -0.2) is 9.79 Å². The summed E-state index contributed by atoms with van der Waals surface area (Å²) in [6, 6.07) is 2.15. The van der Waals surface area contributed by atoms with E-state index in [-0.39, 0.29) is 28.8 Å². The van der Waals surface area contributed by atoms with Gasteiger partial charge in [-0.2, -0.15) is 4.99 Å². The summed E-state index contributed by atoms with van der Waals surface area (Å²) >= 11 is 5.92. The number of aliphatic imine (C=N–C) groups is 2. The number of halogens is 1. The quantitative estimate of drug-likeness (QED) is 0.239. The molecule has 0 saturated carbocycles. The zero-order valence-corrected chi connectivity index (χ0v) is 12.2. The maximum Gasteiger partial charge on any atom is 0.338 e. The van der Waals surface area contributed by atoms with Crippen LogP contribution in [-0.2, 0) is 4.74 Å². The van der Waals surface area contributed by atoms with Crippen molar-refractivity contribution < 1.29 is 14.5 Å². The zero-order chi connectivity index (χ0) is 16.9. The number of ether oxygens (including phenoxy) is 1. The van der Waals surface area contributed by atoms with E-state index in [0.717, 1.165) is 6.07 Å². The lowest BCUT2D eigenvalue weighted by atomic mass is 10.1. The Morgan fingerprint density at radius 3 is 2.55 bits per heavy atom. The fraction of sp³-hybridized carbons (Fsp3) is 0.182. The number of carbonyl (C=O) groups excluding carboxylic acids is 1. The summed E-state index contributed by atoms with van der Waals surface area (Å²) in [5, 5.41) is 10.9. The number of benzene rings is 1. The number of carbonyl (C=O) groups is 1. The molecule has 0 atom stereocenters. The molecule has 0 unspecified atom stereocenters. The van der Waals surface area contributed by atoms with Crippen LogP contribution >= 0.6 is 11.6 Å². The van der Waals surface area contributed by atoms with Crippen molar-refractivity contribution in [2.45, 2.75) is 6.92 Å². The van der Waals surface area contributed by atoms with Gasteiger partial charge in [0.15, 0.2) is 11.6 Å². The summed E-state index contributed by atoms with van der Waals surface area (Å²) in [5.41, 5.74) is 14.8. The molecular weight excluding hydrogens is 316 g/mol. The fourth-order valence-corrected chi connectivity index (χ4v) is 1.70. The second-order valence-corrected chi connectivity index (χ2v) is 4.22. The largest absolute Gasteiger partial charge is 0.462 e. The van der Waals surface area contributed by atoms with Crippen LogP contribution < -0.4 is 17.2 Å². The summed E-state index contributed by atoms with van der Waals surface area (Å²) in [6.07, 6.45) is 0. The van der Waals surface area contributed by atoms with E-state index in [4.69, 9.17) is 33.5 Å². The van der Waals surface area contributed by atoms with Crippen molar-refractivity contribution >= 4 is 40.9 Å². The maximum atomic E-state index is 11.6. The van der Waals surface area contributed by atoms with Gasteiger partial charge in [0.1, 0.15) is 0 Å². The summed E-state index contributed by atoms with van der Waals surface area (Å²) in [6.45, 7) is 1.71. The van der Waals surface area contributed by atoms with E-state index in [0.29, 0.717) is 0 Å². The molecule has 0 saturated heterocycles.